The number of aryl methyl sites for hydroxylation is 2. The molecule has 1 heterocycles. The zero-order valence-electron chi connectivity index (χ0n) is 9.47. The monoisotopic (exact) mass is 214 g/mol. The molecule has 0 atom stereocenters. The van der Waals surface area contributed by atoms with Gasteiger partial charge in [0.25, 0.3) is 0 Å². The van der Waals surface area contributed by atoms with Crippen LogP contribution in [0.4, 0.5) is 0 Å². The highest BCUT2D eigenvalue weighted by Crippen LogP contribution is 2.09. The van der Waals surface area contributed by atoms with Gasteiger partial charge in [-0.3, -0.25) is 4.57 Å². The standard InChI is InChI=1S/C13H14N2O/c1-3-11-9-10(2)14-13(16)15(11)12-7-5-4-6-8-12/h4-9H,3H2,1-2H3. The highest BCUT2D eigenvalue weighted by Gasteiger charge is 2.06. The molecule has 0 fully saturated rings. The number of nitrogens with zero attached hydrogens (tertiary/aromatic N) is 2. The van der Waals surface area contributed by atoms with Gasteiger partial charge in [-0.05, 0) is 31.5 Å². The number of hydrogen-bond acceptors (Lipinski definition) is 2. The summed E-state index contributed by atoms with van der Waals surface area (Å²) in [5.74, 6) is 0. The van der Waals surface area contributed by atoms with Crippen molar-refractivity contribution in [3.05, 3.63) is 58.3 Å². The molecule has 0 radical (unpaired) electrons. The lowest BCUT2D eigenvalue weighted by Crippen LogP contribution is -2.25. The van der Waals surface area contributed by atoms with Crippen LogP contribution in [0, 0.1) is 6.92 Å². The summed E-state index contributed by atoms with van der Waals surface area (Å²) >= 11 is 0. The van der Waals surface area contributed by atoms with Crippen molar-refractivity contribution in [2.75, 3.05) is 0 Å². The van der Waals surface area contributed by atoms with Crippen LogP contribution in [0.5, 0.6) is 0 Å². The van der Waals surface area contributed by atoms with E-state index < -0.39 is 0 Å². The molecule has 0 saturated heterocycles. The Bertz CT molecular complexity index is 544. The predicted octanol–water partition coefficient (Wildman–Crippen LogP) is 2.10. The van der Waals surface area contributed by atoms with E-state index in [-0.39, 0.29) is 5.69 Å². The van der Waals surface area contributed by atoms with Crippen molar-refractivity contribution in [1.29, 1.82) is 0 Å². The zero-order chi connectivity index (χ0) is 11.5. The largest absolute Gasteiger partial charge is 0.352 e. The van der Waals surface area contributed by atoms with Crippen LogP contribution in [0.3, 0.4) is 0 Å². The Balaban J connectivity index is 2.69. The van der Waals surface area contributed by atoms with Gasteiger partial charge in [-0.1, -0.05) is 25.1 Å². The summed E-state index contributed by atoms with van der Waals surface area (Å²) in [7, 11) is 0. The molecule has 0 spiro atoms. The van der Waals surface area contributed by atoms with Crippen molar-refractivity contribution in [3.63, 3.8) is 0 Å². The van der Waals surface area contributed by atoms with Crippen molar-refractivity contribution in [2.24, 2.45) is 0 Å². The van der Waals surface area contributed by atoms with Crippen LogP contribution in [0.1, 0.15) is 18.3 Å². The average Bonchev–Trinajstić information content (AvgIpc) is 2.29. The lowest BCUT2D eigenvalue weighted by atomic mass is 10.2. The molecule has 82 valence electrons. The number of para-hydroxylation sites is 1. The maximum Gasteiger partial charge on any atom is 0.352 e. The number of hydrogen-bond donors (Lipinski definition) is 0. The van der Waals surface area contributed by atoms with Gasteiger partial charge in [0.1, 0.15) is 0 Å². The Morgan fingerprint density at radius 2 is 1.94 bits per heavy atom. The van der Waals surface area contributed by atoms with E-state index in [0.717, 1.165) is 23.5 Å². The molecule has 0 amide bonds. The minimum atomic E-state index is -0.206. The first-order chi connectivity index (χ1) is 7.72. The van der Waals surface area contributed by atoms with Gasteiger partial charge >= 0.3 is 5.69 Å². The summed E-state index contributed by atoms with van der Waals surface area (Å²) < 4.78 is 1.66. The summed E-state index contributed by atoms with van der Waals surface area (Å²) in [4.78, 5) is 15.8. The van der Waals surface area contributed by atoms with Crippen LogP contribution >= 0.6 is 0 Å². The first kappa shape index (κ1) is 10.6. The van der Waals surface area contributed by atoms with Crippen molar-refractivity contribution in [2.45, 2.75) is 20.3 Å². The predicted molar refractivity (Wildman–Crippen MR) is 63.9 cm³/mol. The van der Waals surface area contributed by atoms with Crippen molar-refractivity contribution in [3.8, 4) is 5.69 Å². The molecule has 3 nitrogen and oxygen atoms in total. The summed E-state index contributed by atoms with van der Waals surface area (Å²) in [6.45, 7) is 3.88. The molecule has 16 heavy (non-hydrogen) atoms. The van der Waals surface area contributed by atoms with Crippen LogP contribution < -0.4 is 5.69 Å². The van der Waals surface area contributed by atoms with Crippen LogP contribution in [0.25, 0.3) is 5.69 Å². The van der Waals surface area contributed by atoms with Crippen molar-refractivity contribution in [1.82, 2.24) is 9.55 Å². The first-order valence-corrected chi connectivity index (χ1v) is 5.37. The summed E-state index contributed by atoms with van der Waals surface area (Å²) in [5.41, 5.74) is 2.43. The van der Waals surface area contributed by atoms with Gasteiger partial charge in [0.05, 0.1) is 5.69 Å². The molecular weight excluding hydrogens is 200 g/mol. The molecule has 0 N–H and O–H groups in total. The van der Waals surface area contributed by atoms with E-state index >= 15 is 0 Å². The molecule has 0 aliphatic rings. The molecule has 0 aliphatic heterocycles. The van der Waals surface area contributed by atoms with Crippen molar-refractivity contribution < 1.29 is 0 Å². The Morgan fingerprint density at radius 1 is 1.25 bits per heavy atom. The van der Waals surface area contributed by atoms with E-state index in [9.17, 15) is 4.79 Å². The zero-order valence-corrected chi connectivity index (χ0v) is 9.47. The van der Waals surface area contributed by atoms with E-state index in [1.54, 1.807) is 4.57 Å². The summed E-state index contributed by atoms with van der Waals surface area (Å²) in [6.07, 6.45) is 0.813. The molecule has 0 saturated carbocycles. The second kappa shape index (κ2) is 4.31. The van der Waals surface area contributed by atoms with E-state index in [4.69, 9.17) is 0 Å². The van der Waals surface area contributed by atoms with Gasteiger partial charge in [-0.25, -0.2) is 4.79 Å². The quantitative estimate of drug-likeness (QED) is 0.767. The van der Waals surface area contributed by atoms with Crippen LogP contribution in [-0.2, 0) is 6.42 Å². The molecule has 2 rings (SSSR count). The Labute approximate surface area is 94.4 Å². The summed E-state index contributed by atoms with van der Waals surface area (Å²) in [6, 6.07) is 11.5. The highest BCUT2D eigenvalue weighted by atomic mass is 16.1. The molecule has 1 aromatic carbocycles. The molecule has 3 heteroatoms. The van der Waals surface area contributed by atoms with Crippen LogP contribution in [0.15, 0.2) is 41.2 Å². The third kappa shape index (κ3) is 1.89. The highest BCUT2D eigenvalue weighted by molar-refractivity contribution is 5.33. The number of aromatic nitrogens is 2. The molecule has 0 aliphatic carbocycles. The van der Waals surface area contributed by atoms with Gasteiger partial charge in [-0.2, -0.15) is 4.98 Å². The van der Waals surface area contributed by atoms with E-state index in [1.165, 1.54) is 0 Å². The second-order valence-electron chi connectivity index (χ2n) is 3.70. The van der Waals surface area contributed by atoms with E-state index in [1.807, 2.05) is 50.2 Å². The maximum absolute atomic E-state index is 11.9. The van der Waals surface area contributed by atoms with Crippen molar-refractivity contribution >= 4 is 0 Å². The van der Waals surface area contributed by atoms with Gasteiger partial charge in [0.2, 0.25) is 0 Å². The lowest BCUT2D eigenvalue weighted by molar-refractivity contribution is 0.818. The molecule has 0 unspecified atom stereocenters. The van der Waals surface area contributed by atoms with Gasteiger partial charge < -0.3 is 0 Å². The SMILES string of the molecule is CCc1cc(C)nc(=O)n1-c1ccccc1. The maximum atomic E-state index is 11.9. The Kier molecular flexibility index (Phi) is 2.86. The van der Waals surface area contributed by atoms with Gasteiger partial charge in [-0.15, -0.1) is 0 Å². The minimum absolute atomic E-state index is 0.206. The van der Waals surface area contributed by atoms with E-state index in [0.29, 0.717) is 0 Å². The third-order valence-corrected chi connectivity index (χ3v) is 2.50. The van der Waals surface area contributed by atoms with E-state index in [2.05, 4.69) is 4.98 Å². The second-order valence-corrected chi connectivity index (χ2v) is 3.70. The molecule has 1 aromatic heterocycles. The topological polar surface area (TPSA) is 34.9 Å². The molecular formula is C13H14N2O. The number of benzene rings is 1. The van der Waals surface area contributed by atoms with Gasteiger partial charge in [0, 0.05) is 11.4 Å². The van der Waals surface area contributed by atoms with Gasteiger partial charge in [0.15, 0.2) is 0 Å². The fraction of sp³-hybridized carbons (Fsp3) is 0.231. The smallest absolute Gasteiger partial charge is 0.265 e. The fourth-order valence-corrected chi connectivity index (χ4v) is 1.78. The van der Waals surface area contributed by atoms with Crippen LogP contribution in [0.2, 0.25) is 0 Å². The van der Waals surface area contributed by atoms with Crippen LogP contribution in [-0.4, -0.2) is 9.55 Å². The first-order valence-electron chi connectivity index (χ1n) is 5.37. The average molecular weight is 214 g/mol. The third-order valence-electron chi connectivity index (χ3n) is 2.50. The molecule has 2 aromatic rings. The molecule has 0 bridgehead atoms. The fourth-order valence-electron chi connectivity index (χ4n) is 1.78. The Morgan fingerprint density at radius 3 is 2.56 bits per heavy atom. The Hall–Kier alpha value is -1.90. The normalized spacial score (nSPS) is 10.4. The number of rotatable bonds is 2. The lowest BCUT2D eigenvalue weighted by Gasteiger charge is -2.11. The minimum Gasteiger partial charge on any atom is -0.265 e. The summed E-state index contributed by atoms with van der Waals surface area (Å²) in [5, 5.41) is 0.